The number of sulfonamides is 1. The van der Waals surface area contributed by atoms with Crippen LogP contribution in [0.3, 0.4) is 0 Å². The lowest BCUT2D eigenvalue weighted by Crippen LogP contribution is -2.09. The molecule has 0 aliphatic carbocycles. The van der Waals surface area contributed by atoms with Crippen molar-refractivity contribution in [3.05, 3.63) is 41.4 Å². The van der Waals surface area contributed by atoms with Gasteiger partial charge in [0.1, 0.15) is 4.21 Å². The minimum absolute atomic E-state index is 0.0842. The standard InChI is InChI=1S/C10H8ClNO2S3/c11-8-6-9(17(12,13)14)16-10(8)15-7-4-2-1-3-5-7/h1-6H,(H2,12,13,14). The van der Waals surface area contributed by atoms with E-state index in [2.05, 4.69) is 0 Å². The van der Waals surface area contributed by atoms with Crippen LogP contribution in [0.2, 0.25) is 5.02 Å². The van der Waals surface area contributed by atoms with Gasteiger partial charge >= 0.3 is 0 Å². The Balaban J connectivity index is 2.32. The van der Waals surface area contributed by atoms with E-state index in [0.29, 0.717) is 5.02 Å². The normalized spacial score (nSPS) is 11.6. The van der Waals surface area contributed by atoms with Gasteiger partial charge in [0.05, 0.1) is 9.23 Å². The fraction of sp³-hybridized carbons (Fsp3) is 0. The van der Waals surface area contributed by atoms with Gasteiger partial charge < -0.3 is 0 Å². The van der Waals surface area contributed by atoms with Gasteiger partial charge in [-0.25, -0.2) is 13.6 Å². The molecule has 2 aromatic rings. The Morgan fingerprint density at radius 1 is 1.24 bits per heavy atom. The summed E-state index contributed by atoms with van der Waals surface area (Å²) in [4.78, 5) is 0.997. The molecule has 0 aliphatic rings. The first-order valence-electron chi connectivity index (χ1n) is 4.52. The quantitative estimate of drug-likeness (QED) is 0.947. The molecule has 3 nitrogen and oxygen atoms in total. The van der Waals surface area contributed by atoms with Crippen molar-refractivity contribution in [3.8, 4) is 0 Å². The third-order valence-electron chi connectivity index (χ3n) is 1.87. The summed E-state index contributed by atoms with van der Waals surface area (Å²) in [6.07, 6.45) is 0. The van der Waals surface area contributed by atoms with Crippen LogP contribution in [0, 0.1) is 0 Å². The summed E-state index contributed by atoms with van der Waals surface area (Å²) < 4.78 is 23.2. The van der Waals surface area contributed by atoms with Gasteiger partial charge in [-0.3, -0.25) is 0 Å². The van der Waals surface area contributed by atoms with Crippen molar-refractivity contribution in [2.45, 2.75) is 13.3 Å². The number of halogens is 1. The SMILES string of the molecule is NS(=O)(=O)c1cc(Cl)c(Sc2ccccc2)s1. The van der Waals surface area contributed by atoms with E-state index >= 15 is 0 Å². The first-order valence-corrected chi connectivity index (χ1v) is 8.07. The third-order valence-corrected chi connectivity index (χ3v) is 6.15. The van der Waals surface area contributed by atoms with E-state index in [1.165, 1.54) is 17.8 Å². The summed E-state index contributed by atoms with van der Waals surface area (Å²) in [6.45, 7) is 0. The molecule has 0 spiro atoms. The Bertz CT molecular complexity index is 622. The van der Waals surface area contributed by atoms with Crippen molar-refractivity contribution in [2.75, 3.05) is 0 Å². The van der Waals surface area contributed by atoms with Crippen LogP contribution >= 0.6 is 34.7 Å². The lowest BCUT2D eigenvalue weighted by molar-refractivity contribution is 0.600. The summed E-state index contributed by atoms with van der Waals surface area (Å²) >= 11 is 8.47. The average molecular weight is 306 g/mol. The molecule has 2 rings (SSSR count). The number of primary sulfonamides is 1. The highest BCUT2D eigenvalue weighted by molar-refractivity contribution is 8.01. The van der Waals surface area contributed by atoms with E-state index in [1.54, 1.807) is 0 Å². The van der Waals surface area contributed by atoms with Crippen LogP contribution in [0.5, 0.6) is 0 Å². The third kappa shape index (κ3) is 3.23. The van der Waals surface area contributed by atoms with E-state index in [9.17, 15) is 8.42 Å². The van der Waals surface area contributed by atoms with Crippen molar-refractivity contribution in [1.82, 2.24) is 0 Å². The fourth-order valence-corrected chi connectivity index (χ4v) is 4.67. The molecule has 1 aromatic heterocycles. The molecule has 0 saturated heterocycles. The van der Waals surface area contributed by atoms with Crippen LogP contribution in [0.4, 0.5) is 0 Å². The monoisotopic (exact) mass is 305 g/mol. The first kappa shape index (κ1) is 12.9. The summed E-state index contributed by atoms with van der Waals surface area (Å²) in [5.41, 5.74) is 0. The van der Waals surface area contributed by atoms with Gasteiger partial charge in [-0.2, -0.15) is 0 Å². The predicted octanol–water partition coefficient (Wildman–Crippen LogP) is 3.20. The van der Waals surface area contributed by atoms with E-state index in [4.69, 9.17) is 16.7 Å². The molecule has 0 bridgehead atoms. The van der Waals surface area contributed by atoms with Crippen LogP contribution in [0.15, 0.2) is 49.7 Å². The van der Waals surface area contributed by atoms with Crippen LogP contribution in [0.25, 0.3) is 0 Å². The topological polar surface area (TPSA) is 60.2 Å². The van der Waals surface area contributed by atoms with Crippen LogP contribution in [-0.4, -0.2) is 8.42 Å². The van der Waals surface area contributed by atoms with Gasteiger partial charge in [-0.05, 0) is 18.2 Å². The molecule has 1 heterocycles. The van der Waals surface area contributed by atoms with Crippen molar-refractivity contribution >= 4 is 44.7 Å². The Morgan fingerprint density at radius 3 is 2.41 bits per heavy atom. The van der Waals surface area contributed by atoms with Gasteiger partial charge in [-0.15, -0.1) is 11.3 Å². The van der Waals surface area contributed by atoms with Crippen LogP contribution in [-0.2, 0) is 10.0 Å². The molecule has 90 valence electrons. The van der Waals surface area contributed by atoms with Crippen LogP contribution in [0.1, 0.15) is 0 Å². The maximum atomic E-state index is 11.2. The number of benzene rings is 1. The highest BCUT2D eigenvalue weighted by Gasteiger charge is 2.16. The zero-order valence-electron chi connectivity index (χ0n) is 8.46. The van der Waals surface area contributed by atoms with Gasteiger partial charge in [0, 0.05) is 4.90 Å². The van der Waals surface area contributed by atoms with Gasteiger partial charge in [-0.1, -0.05) is 41.6 Å². The summed E-state index contributed by atoms with van der Waals surface area (Å²) in [7, 11) is -3.68. The number of nitrogens with two attached hydrogens (primary N) is 1. The Kier molecular flexibility index (Phi) is 3.79. The molecular formula is C10H8ClNO2S3. The average Bonchev–Trinajstić information content (AvgIpc) is 2.62. The minimum Gasteiger partial charge on any atom is -0.224 e. The lowest BCUT2D eigenvalue weighted by Gasteiger charge is -1.97. The predicted molar refractivity (Wildman–Crippen MR) is 71.3 cm³/mol. The molecule has 2 N–H and O–H groups in total. The maximum absolute atomic E-state index is 11.2. The van der Waals surface area contributed by atoms with Gasteiger partial charge in [0.2, 0.25) is 10.0 Å². The largest absolute Gasteiger partial charge is 0.247 e. The number of rotatable bonds is 3. The van der Waals surface area contributed by atoms with Crippen molar-refractivity contribution in [3.63, 3.8) is 0 Å². The summed E-state index contributed by atoms with van der Waals surface area (Å²) in [5.74, 6) is 0. The van der Waals surface area contributed by atoms with Gasteiger partial charge in [0.25, 0.3) is 0 Å². The molecule has 0 fully saturated rings. The summed E-state index contributed by atoms with van der Waals surface area (Å²) in [6, 6.07) is 11.0. The molecule has 0 atom stereocenters. The zero-order valence-corrected chi connectivity index (χ0v) is 11.7. The van der Waals surface area contributed by atoms with E-state index in [-0.39, 0.29) is 4.21 Å². The van der Waals surface area contributed by atoms with Gasteiger partial charge in [0.15, 0.2) is 0 Å². The minimum atomic E-state index is -3.68. The molecule has 0 unspecified atom stereocenters. The molecule has 1 aromatic carbocycles. The van der Waals surface area contributed by atoms with Crippen molar-refractivity contribution in [1.29, 1.82) is 0 Å². The Morgan fingerprint density at radius 2 is 1.88 bits per heavy atom. The van der Waals surface area contributed by atoms with Crippen molar-refractivity contribution in [2.24, 2.45) is 5.14 Å². The molecule has 0 aliphatic heterocycles. The number of thiophene rings is 1. The Hall–Kier alpha value is -0.530. The highest BCUT2D eigenvalue weighted by atomic mass is 35.5. The number of hydrogen-bond donors (Lipinski definition) is 1. The molecule has 0 radical (unpaired) electrons. The van der Waals surface area contributed by atoms with E-state index in [1.807, 2.05) is 30.3 Å². The molecule has 0 saturated carbocycles. The second-order valence-electron chi connectivity index (χ2n) is 3.16. The number of hydrogen-bond acceptors (Lipinski definition) is 4. The van der Waals surface area contributed by atoms with Crippen molar-refractivity contribution < 1.29 is 8.42 Å². The van der Waals surface area contributed by atoms with E-state index in [0.717, 1.165) is 20.4 Å². The molecule has 17 heavy (non-hydrogen) atoms. The summed E-state index contributed by atoms with van der Waals surface area (Å²) in [5, 5.41) is 5.46. The highest BCUT2D eigenvalue weighted by Crippen LogP contribution is 2.40. The first-order chi connectivity index (χ1) is 7.97. The molecule has 0 amide bonds. The lowest BCUT2D eigenvalue weighted by atomic mass is 10.4. The molecule has 7 heteroatoms. The van der Waals surface area contributed by atoms with Crippen LogP contribution < -0.4 is 5.14 Å². The second-order valence-corrected chi connectivity index (χ2v) is 7.75. The fourth-order valence-electron chi connectivity index (χ4n) is 1.14. The second kappa shape index (κ2) is 4.99. The molecular weight excluding hydrogens is 298 g/mol. The zero-order chi connectivity index (χ0) is 12.5. The van der Waals surface area contributed by atoms with E-state index < -0.39 is 10.0 Å². The maximum Gasteiger partial charge on any atom is 0.247 e. The smallest absolute Gasteiger partial charge is 0.224 e. The Labute approximate surface area is 113 Å².